The molecule has 0 amide bonds. The van der Waals surface area contributed by atoms with Gasteiger partial charge >= 0.3 is 0 Å². The van der Waals surface area contributed by atoms with Crippen LogP contribution < -0.4 is 17.1 Å². The van der Waals surface area contributed by atoms with Crippen molar-refractivity contribution < 1.29 is 0 Å². The van der Waals surface area contributed by atoms with Crippen LogP contribution in [0.3, 0.4) is 0 Å². The van der Waals surface area contributed by atoms with Crippen molar-refractivity contribution in [1.29, 1.82) is 0 Å². The first kappa shape index (κ1) is 21.2. The van der Waals surface area contributed by atoms with Crippen LogP contribution in [0.15, 0.2) is 41.6 Å². The topological polar surface area (TPSA) is 109 Å². The summed E-state index contributed by atoms with van der Waals surface area (Å²) < 4.78 is 0. The minimum atomic E-state index is 0.417. The number of nitrogens with one attached hydrogen (secondary N) is 1. The van der Waals surface area contributed by atoms with Crippen molar-refractivity contribution in [2.45, 2.75) is 33.4 Å². The normalized spacial score (nSPS) is 16.3. The SMILES string of the molecule is CC(C)Cc1ccc(/C(N)=N/NN)c(CN2CCN(Cc3cccnn3)CC2)c1. The summed E-state index contributed by atoms with van der Waals surface area (Å²) in [7, 11) is 0. The highest BCUT2D eigenvalue weighted by Crippen LogP contribution is 2.18. The zero-order valence-electron chi connectivity index (χ0n) is 17.4. The van der Waals surface area contributed by atoms with Crippen LogP contribution in [-0.4, -0.2) is 52.0 Å². The summed E-state index contributed by atoms with van der Waals surface area (Å²) >= 11 is 0. The number of amidine groups is 1. The molecule has 29 heavy (non-hydrogen) atoms. The van der Waals surface area contributed by atoms with Crippen LogP contribution in [0.4, 0.5) is 0 Å². The first-order valence-corrected chi connectivity index (χ1v) is 10.2. The fourth-order valence-corrected chi connectivity index (χ4v) is 3.75. The number of nitrogens with two attached hydrogens (primary N) is 2. The molecular formula is C21H32N8. The highest BCUT2D eigenvalue weighted by Gasteiger charge is 2.19. The molecule has 1 aliphatic rings. The predicted octanol–water partition coefficient (Wildman–Crippen LogP) is 1.08. The lowest BCUT2D eigenvalue weighted by molar-refractivity contribution is 0.120. The largest absolute Gasteiger partial charge is 0.382 e. The van der Waals surface area contributed by atoms with E-state index in [1.165, 1.54) is 11.1 Å². The van der Waals surface area contributed by atoms with Crippen molar-refractivity contribution in [2.24, 2.45) is 22.6 Å². The molecule has 5 N–H and O–H groups in total. The fourth-order valence-electron chi connectivity index (χ4n) is 3.75. The average Bonchev–Trinajstić information content (AvgIpc) is 2.70. The summed E-state index contributed by atoms with van der Waals surface area (Å²) in [5.74, 6) is 6.36. The third-order valence-electron chi connectivity index (χ3n) is 5.15. The molecule has 0 aliphatic carbocycles. The van der Waals surface area contributed by atoms with Crippen molar-refractivity contribution in [2.75, 3.05) is 26.2 Å². The van der Waals surface area contributed by atoms with Gasteiger partial charge in [0.1, 0.15) is 0 Å². The standard InChI is InChI=1S/C21H32N8/c1-16(2)12-17-5-6-20(21(22)26-27-23)18(13-17)14-28-8-10-29(11-9-28)15-19-4-3-7-24-25-19/h3-7,13,16,27H,8-12,14-15,23H2,1-2H3,(H2,22,26). The molecule has 8 nitrogen and oxygen atoms in total. The maximum atomic E-state index is 6.14. The molecule has 0 atom stereocenters. The van der Waals surface area contributed by atoms with E-state index in [9.17, 15) is 0 Å². The molecule has 0 radical (unpaired) electrons. The van der Waals surface area contributed by atoms with Crippen LogP contribution in [-0.2, 0) is 19.5 Å². The van der Waals surface area contributed by atoms with Crippen molar-refractivity contribution >= 4 is 5.84 Å². The number of aromatic nitrogens is 2. The molecule has 2 heterocycles. The summed E-state index contributed by atoms with van der Waals surface area (Å²) in [6.45, 7) is 10.2. The molecule has 1 aromatic heterocycles. The van der Waals surface area contributed by atoms with Crippen LogP contribution in [0.25, 0.3) is 0 Å². The zero-order valence-corrected chi connectivity index (χ0v) is 17.4. The van der Waals surface area contributed by atoms with Gasteiger partial charge in [0.2, 0.25) is 0 Å². The number of piperazine rings is 1. The number of benzene rings is 1. The van der Waals surface area contributed by atoms with Crippen LogP contribution in [0.2, 0.25) is 0 Å². The number of hydrogen-bond acceptors (Lipinski definition) is 7. The summed E-state index contributed by atoms with van der Waals surface area (Å²) in [4.78, 5) is 4.89. The quantitative estimate of drug-likeness (QED) is 0.265. The molecule has 2 aromatic rings. The maximum Gasteiger partial charge on any atom is 0.152 e. The molecule has 1 saturated heterocycles. The molecule has 1 aliphatic heterocycles. The molecule has 0 unspecified atom stereocenters. The van der Waals surface area contributed by atoms with E-state index in [4.69, 9.17) is 11.6 Å². The molecular weight excluding hydrogens is 364 g/mol. The molecule has 0 saturated carbocycles. The van der Waals surface area contributed by atoms with Crippen molar-refractivity contribution in [3.05, 3.63) is 58.9 Å². The summed E-state index contributed by atoms with van der Waals surface area (Å²) in [6.07, 6.45) is 2.76. The Bertz CT molecular complexity index is 798. The van der Waals surface area contributed by atoms with Crippen LogP contribution >= 0.6 is 0 Å². The number of rotatable bonds is 8. The van der Waals surface area contributed by atoms with E-state index < -0.39 is 0 Å². The molecule has 8 heteroatoms. The Hall–Kier alpha value is -2.55. The Balaban J connectivity index is 1.66. The fraction of sp³-hybridized carbons (Fsp3) is 0.476. The van der Waals surface area contributed by atoms with E-state index in [0.29, 0.717) is 11.8 Å². The molecule has 1 fully saturated rings. The van der Waals surface area contributed by atoms with Gasteiger partial charge in [0, 0.05) is 51.0 Å². The molecule has 0 spiro atoms. The summed E-state index contributed by atoms with van der Waals surface area (Å²) in [5, 5.41) is 12.1. The van der Waals surface area contributed by atoms with E-state index in [-0.39, 0.29) is 0 Å². The van der Waals surface area contributed by atoms with Gasteiger partial charge in [-0.1, -0.05) is 32.0 Å². The average molecular weight is 397 g/mol. The lowest BCUT2D eigenvalue weighted by Gasteiger charge is -2.34. The predicted molar refractivity (Wildman–Crippen MR) is 116 cm³/mol. The van der Waals surface area contributed by atoms with Crippen LogP contribution in [0.5, 0.6) is 0 Å². The van der Waals surface area contributed by atoms with Gasteiger partial charge in [-0.05, 0) is 35.6 Å². The summed E-state index contributed by atoms with van der Waals surface area (Å²) in [5.41, 5.74) is 12.9. The first-order chi connectivity index (χ1) is 14.0. The van der Waals surface area contributed by atoms with Crippen molar-refractivity contribution in [3.8, 4) is 0 Å². The lowest BCUT2D eigenvalue weighted by atomic mass is 9.97. The van der Waals surface area contributed by atoms with E-state index in [1.807, 2.05) is 12.1 Å². The van der Waals surface area contributed by atoms with Crippen LogP contribution in [0, 0.1) is 5.92 Å². The Morgan fingerprint density at radius 1 is 1.14 bits per heavy atom. The smallest absolute Gasteiger partial charge is 0.152 e. The second-order valence-electron chi connectivity index (χ2n) is 7.98. The number of hydrazine groups is 1. The second-order valence-corrected chi connectivity index (χ2v) is 7.98. The second kappa shape index (κ2) is 10.3. The Morgan fingerprint density at radius 3 is 2.48 bits per heavy atom. The number of hydrogen-bond donors (Lipinski definition) is 3. The third-order valence-corrected chi connectivity index (χ3v) is 5.15. The maximum absolute atomic E-state index is 6.14. The van der Waals surface area contributed by atoms with Gasteiger partial charge in [-0.3, -0.25) is 9.80 Å². The number of nitrogens with zero attached hydrogens (tertiary/aromatic N) is 5. The Labute approximate surface area is 172 Å². The van der Waals surface area contributed by atoms with E-state index in [2.05, 4.69) is 62.7 Å². The minimum absolute atomic E-state index is 0.417. The number of hydrazone groups is 1. The molecule has 156 valence electrons. The Morgan fingerprint density at radius 2 is 1.86 bits per heavy atom. The van der Waals surface area contributed by atoms with Gasteiger partial charge in [-0.2, -0.15) is 10.2 Å². The summed E-state index contributed by atoms with van der Waals surface area (Å²) in [6, 6.07) is 10.4. The van der Waals surface area contributed by atoms with E-state index >= 15 is 0 Å². The molecule has 3 rings (SSSR count). The van der Waals surface area contributed by atoms with Gasteiger partial charge < -0.3 is 5.73 Å². The highest BCUT2D eigenvalue weighted by molar-refractivity contribution is 5.98. The van der Waals surface area contributed by atoms with E-state index in [1.54, 1.807) is 6.20 Å². The zero-order chi connectivity index (χ0) is 20.6. The van der Waals surface area contributed by atoms with Crippen LogP contribution in [0.1, 0.15) is 36.2 Å². The van der Waals surface area contributed by atoms with Gasteiger partial charge in [-0.25, -0.2) is 11.4 Å². The van der Waals surface area contributed by atoms with E-state index in [0.717, 1.165) is 56.9 Å². The Kier molecular flexibility index (Phi) is 7.51. The van der Waals surface area contributed by atoms with Gasteiger partial charge in [0.15, 0.2) is 5.84 Å². The monoisotopic (exact) mass is 396 g/mol. The van der Waals surface area contributed by atoms with Crippen molar-refractivity contribution in [3.63, 3.8) is 0 Å². The van der Waals surface area contributed by atoms with Gasteiger partial charge in [0.25, 0.3) is 0 Å². The third kappa shape index (κ3) is 6.22. The lowest BCUT2D eigenvalue weighted by Crippen LogP contribution is -2.45. The van der Waals surface area contributed by atoms with Gasteiger partial charge in [0.05, 0.1) is 5.69 Å². The van der Waals surface area contributed by atoms with Gasteiger partial charge in [-0.15, -0.1) is 5.10 Å². The molecule has 1 aromatic carbocycles. The molecule has 0 bridgehead atoms. The minimum Gasteiger partial charge on any atom is -0.382 e. The van der Waals surface area contributed by atoms with Crippen molar-refractivity contribution in [1.82, 2.24) is 25.5 Å². The highest BCUT2D eigenvalue weighted by atomic mass is 15.5. The first-order valence-electron chi connectivity index (χ1n) is 10.2.